The zero-order valence-electron chi connectivity index (χ0n) is 12.5. The van der Waals surface area contributed by atoms with Gasteiger partial charge in [-0.15, -0.1) is 0 Å². The number of hydrogen-bond donors (Lipinski definition) is 1. The molecule has 0 aliphatic carbocycles. The molecule has 1 fully saturated rings. The summed E-state index contributed by atoms with van der Waals surface area (Å²) in [5.41, 5.74) is 0.225. The van der Waals surface area contributed by atoms with Crippen LogP contribution in [0.4, 0.5) is 0 Å². The first-order chi connectivity index (χ1) is 9.68. The predicted octanol–water partition coefficient (Wildman–Crippen LogP) is 2.67. The van der Waals surface area contributed by atoms with Gasteiger partial charge in [-0.2, -0.15) is 0 Å². The van der Waals surface area contributed by atoms with E-state index in [4.69, 9.17) is 9.47 Å². The molecule has 110 valence electrons. The van der Waals surface area contributed by atoms with Gasteiger partial charge in [0.05, 0.1) is 14.2 Å². The molecule has 0 aromatic heterocycles. The molecule has 1 atom stereocenters. The van der Waals surface area contributed by atoms with Gasteiger partial charge in [0.15, 0.2) is 5.78 Å². The highest BCUT2D eigenvalue weighted by Crippen LogP contribution is 2.39. The largest absolute Gasteiger partial charge is 0.496 e. The normalized spacial score (nSPS) is 22.4. The van der Waals surface area contributed by atoms with E-state index in [9.17, 15) is 4.79 Å². The predicted molar refractivity (Wildman–Crippen MR) is 78.7 cm³/mol. The highest BCUT2D eigenvalue weighted by atomic mass is 16.5. The summed E-state index contributed by atoms with van der Waals surface area (Å²) in [7, 11) is 3.17. The highest BCUT2D eigenvalue weighted by molar-refractivity contribution is 6.05. The minimum Gasteiger partial charge on any atom is -0.496 e. The number of ketones is 1. The summed E-state index contributed by atoms with van der Waals surface area (Å²) >= 11 is 0. The number of benzene rings is 1. The molecule has 1 aromatic rings. The molecule has 1 aromatic carbocycles. The average molecular weight is 277 g/mol. The number of hydrogen-bond acceptors (Lipinski definition) is 4. The second-order valence-corrected chi connectivity index (χ2v) is 5.28. The molecule has 4 nitrogen and oxygen atoms in total. The zero-order valence-corrected chi connectivity index (χ0v) is 12.5. The van der Waals surface area contributed by atoms with Gasteiger partial charge in [-0.05, 0) is 37.9 Å². The fourth-order valence-corrected chi connectivity index (χ4v) is 2.96. The summed E-state index contributed by atoms with van der Waals surface area (Å²) in [5, 5.41) is 3.35. The third-order valence-electron chi connectivity index (χ3n) is 4.29. The Bertz CT molecular complexity index is 456. The Kier molecular flexibility index (Phi) is 4.65. The van der Waals surface area contributed by atoms with E-state index in [0.717, 1.165) is 32.4 Å². The molecule has 1 N–H and O–H groups in total. The lowest BCUT2D eigenvalue weighted by Crippen LogP contribution is -2.45. The summed E-state index contributed by atoms with van der Waals surface area (Å²) in [6, 6.07) is 5.47. The molecular weight excluding hydrogens is 254 g/mol. The number of carbonyl (C=O) groups is 1. The molecule has 20 heavy (non-hydrogen) atoms. The molecule has 1 unspecified atom stereocenters. The second kappa shape index (κ2) is 6.27. The van der Waals surface area contributed by atoms with Crippen molar-refractivity contribution in [2.75, 3.05) is 27.3 Å². The molecule has 0 spiro atoms. The van der Waals surface area contributed by atoms with Crippen LogP contribution in [-0.2, 0) is 0 Å². The lowest BCUT2D eigenvalue weighted by atomic mass is 9.72. The van der Waals surface area contributed by atoms with Gasteiger partial charge in [0, 0.05) is 12.0 Å². The minimum atomic E-state index is -0.347. The van der Waals surface area contributed by atoms with Crippen molar-refractivity contribution < 1.29 is 14.3 Å². The van der Waals surface area contributed by atoms with Gasteiger partial charge < -0.3 is 14.8 Å². The number of piperidine rings is 1. The first-order valence-corrected chi connectivity index (χ1v) is 7.15. The summed E-state index contributed by atoms with van der Waals surface area (Å²) in [6.45, 7) is 3.79. The number of nitrogens with one attached hydrogen (secondary N) is 1. The van der Waals surface area contributed by atoms with Gasteiger partial charge in [-0.3, -0.25) is 4.79 Å². The molecule has 0 amide bonds. The number of Topliss-reactive ketones (excluding diaryl/α,β-unsaturated/α-hetero) is 1. The molecule has 0 bridgehead atoms. The standard InChI is InChI=1S/C16H23NO3/c1-4-16(9-6-10-17-11-16)15(18)14-12(19-2)7-5-8-13(14)20-3/h5,7-8,17H,4,6,9-11H2,1-3H3. The molecule has 0 saturated carbocycles. The maximum Gasteiger partial charge on any atom is 0.177 e. The third-order valence-corrected chi connectivity index (χ3v) is 4.29. The minimum absolute atomic E-state index is 0.126. The van der Waals surface area contributed by atoms with E-state index in [1.807, 2.05) is 18.2 Å². The topological polar surface area (TPSA) is 47.6 Å². The van der Waals surface area contributed by atoms with Crippen molar-refractivity contribution in [1.29, 1.82) is 0 Å². The SMILES string of the molecule is CCC1(C(=O)c2c(OC)cccc2OC)CCCNC1. The Labute approximate surface area is 120 Å². The third kappa shape index (κ3) is 2.52. The van der Waals surface area contributed by atoms with Crippen molar-refractivity contribution in [3.05, 3.63) is 23.8 Å². The second-order valence-electron chi connectivity index (χ2n) is 5.28. The molecule has 2 rings (SSSR count). The van der Waals surface area contributed by atoms with Gasteiger partial charge in [0.1, 0.15) is 17.1 Å². The fourth-order valence-electron chi connectivity index (χ4n) is 2.96. The Morgan fingerprint density at radius 3 is 2.40 bits per heavy atom. The van der Waals surface area contributed by atoms with E-state index in [0.29, 0.717) is 17.1 Å². The monoisotopic (exact) mass is 277 g/mol. The van der Waals surface area contributed by atoms with Crippen LogP contribution in [0.5, 0.6) is 11.5 Å². The average Bonchev–Trinajstić information content (AvgIpc) is 2.53. The van der Waals surface area contributed by atoms with Crippen LogP contribution in [0, 0.1) is 5.41 Å². The van der Waals surface area contributed by atoms with Crippen molar-refractivity contribution >= 4 is 5.78 Å². The molecule has 0 radical (unpaired) electrons. The number of rotatable bonds is 5. The zero-order chi connectivity index (χ0) is 14.6. The number of ether oxygens (including phenoxy) is 2. The Morgan fingerprint density at radius 1 is 1.30 bits per heavy atom. The van der Waals surface area contributed by atoms with E-state index in [2.05, 4.69) is 12.2 Å². The molecule has 1 heterocycles. The smallest absolute Gasteiger partial charge is 0.177 e. The van der Waals surface area contributed by atoms with Crippen molar-refractivity contribution in [3.8, 4) is 11.5 Å². The lowest BCUT2D eigenvalue weighted by Gasteiger charge is -2.36. The van der Waals surface area contributed by atoms with Crippen LogP contribution in [0.1, 0.15) is 36.5 Å². The summed E-state index contributed by atoms with van der Waals surface area (Å²) < 4.78 is 10.7. The quantitative estimate of drug-likeness (QED) is 0.841. The van der Waals surface area contributed by atoms with Crippen molar-refractivity contribution in [2.24, 2.45) is 5.41 Å². The van der Waals surface area contributed by atoms with E-state index in [-0.39, 0.29) is 11.2 Å². The molecule has 1 aliphatic heterocycles. The molecule has 4 heteroatoms. The van der Waals surface area contributed by atoms with Crippen LogP contribution in [-0.4, -0.2) is 33.1 Å². The van der Waals surface area contributed by atoms with Crippen LogP contribution in [0.15, 0.2) is 18.2 Å². The van der Waals surface area contributed by atoms with Crippen LogP contribution in [0.3, 0.4) is 0 Å². The van der Waals surface area contributed by atoms with Crippen molar-refractivity contribution in [3.63, 3.8) is 0 Å². The number of carbonyl (C=O) groups excluding carboxylic acids is 1. The highest BCUT2D eigenvalue weighted by Gasteiger charge is 2.40. The van der Waals surface area contributed by atoms with E-state index < -0.39 is 0 Å². The molecular formula is C16H23NO3. The van der Waals surface area contributed by atoms with Crippen LogP contribution in [0.2, 0.25) is 0 Å². The van der Waals surface area contributed by atoms with Gasteiger partial charge >= 0.3 is 0 Å². The lowest BCUT2D eigenvalue weighted by molar-refractivity contribution is 0.0723. The van der Waals surface area contributed by atoms with Gasteiger partial charge in [-0.25, -0.2) is 0 Å². The number of methoxy groups -OCH3 is 2. The first-order valence-electron chi connectivity index (χ1n) is 7.15. The van der Waals surface area contributed by atoms with Gasteiger partial charge in [-0.1, -0.05) is 13.0 Å². The Morgan fingerprint density at radius 2 is 1.95 bits per heavy atom. The molecule has 1 aliphatic rings. The maximum absolute atomic E-state index is 13.1. The van der Waals surface area contributed by atoms with Crippen LogP contribution >= 0.6 is 0 Å². The molecule has 1 saturated heterocycles. The van der Waals surface area contributed by atoms with E-state index >= 15 is 0 Å². The van der Waals surface area contributed by atoms with E-state index in [1.165, 1.54) is 0 Å². The fraction of sp³-hybridized carbons (Fsp3) is 0.562. The summed E-state index contributed by atoms with van der Waals surface area (Å²) in [5.74, 6) is 1.31. The van der Waals surface area contributed by atoms with Crippen molar-refractivity contribution in [1.82, 2.24) is 5.32 Å². The van der Waals surface area contributed by atoms with Crippen LogP contribution < -0.4 is 14.8 Å². The van der Waals surface area contributed by atoms with Crippen LogP contribution in [0.25, 0.3) is 0 Å². The Balaban J connectivity index is 2.46. The van der Waals surface area contributed by atoms with Gasteiger partial charge in [0.25, 0.3) is 0 Å². The Hall–Kier alpha value is -1.55. The van der Waals surface area contributed by atoms with Crippen molar-refractivity contribution in [2.45, 2.75) is 26.2 Å². The first kappa shape index (κ1) is 14.9. The summed E-state index contributed by atoms with van der Waals surface area (Å²) in [6.07, 6.45) is 2.76. The maximum atomic E-state index is 13.1. The van der Waals surface area contributed by atoms with E-state index in [1.54, 1.807) is 14.2 Å². The van der Waals surface area contributed by atoms with Gasteiger partial charge in [0.2, 0.25) is 0 Å². The summed E-state index contributed by atoms with van der Waals surface area (Å²) in [4.78, 5) is 13.1.